The molecule has 1 aliphatic rings. The fourth-order valence-electron chi connectivity index (χ4n) is 3.44. The van der Waals surface area contributed by atoms with Crippen LogP contribution in [0.25, 0.3) is 11.3 Å². The lowest BCUT2D eigenvalue weighted by Gasteiger charge is -2.29. The first kappa shape index (κ1) is 21.1. The third-order valence-electron chi connectivity index (χ3n) is 5.00. The number of hydrogen-bond donors (Lipinski definition) is 1. The number of halogens is 1. The van der Waals surface area contributed by atoms with Crippen molar-refractivity contribution < 1.29 is 18.9 Å². The summed E-state index contributed by atoms with van der Waals surface area (Å²) in [6.07, 6.45) is 0. The third kappa shape index (κ3) is 4.62. The van der Waals surface area contributed by atoms with Gasteiger partial charge in [-0.05, 0) is 64.8 Å². The van der Waals surface area contributed by atoms with Crippen molar-refractivity contribution in [2.24, 2.45) is 0 Å². The molecule has 0 saturated carbocycles. The number of nitro benzene ring substituents is 1. The summed E-state index contributed by atoms with van der Waals surface area (Å²) in [7, 11) is 0. The molecule has 1 N–H and O–H groups in total. The van der Waals surface area contributed by atoms with Crippen LogP contribution in [0.2, 0.25) is 0 Å². The average Bonchev–Trinajstić information content (AvgIpc) is 3.24. The van der Waals surface area contributed by atoms with Gasteiger partial charge in [0.15, 0.2) is 5.76 Å². The smallest absolute Gasteiger partial charge is 0.291 e. The molecule has 1 saturated heterocycles. The molecule has 9 heteroatoms. The minimum atomic E-state index is -0.460. The maximum atomic E-state index is 12.6. The van der Waals surface area contributed by atoms with Crippen LogP contribution < -0.4 is 10.2 Å². The van der Waals surface area contributed by atoms with Crippen molar-refractivity contribution in [1.29, 1.82) is 0 Å². The quantitative estimate of drug-likeness (QED) is 0.402. The molecule has 0 unspecified atom stereocenters. The van der Waals surface area contributed by atoms with Crippen molar-refractivity contribution in [3.05, 3.63) is 74.4 Å². The molecule has 4 rings (SSSR count). The van der Waals surface area contributed by atoms with E-state index in [0.29, 0.717) is 24.5 Å². The first-order chi connectivity index (χ1) is 14.9. The fraction of sp³-hybridized carbons (Fsp3) is 0.227. The number of nitrogens with zero attached hydrogens (tertiary/aromatic N) is 2. The van der Waals surface area contributed by atoms with Gasteiger partial charge >= 0.3 is 0 Å². The first-order valence-electron chi connectivity index (χ1n) is 9.71. The number of rotatable bonds is 5. The van der Waals surface area contributed by atoms with E-state index in [1.807, 2.05) is 18.2 Å². The van der Waals surface area contributed by atoms with Crippen LogP contribution in [-0.2, 0) is 4.74 Å². The van der Waals surface area contributed by atoms with Gasteiger partial charge in [0.1, 0.15) is 5.76 Å². The Hall–Kier alpha value is -3.17. The van der Waals surface area contributed by atoms with Crippen molar-refractivity contribution in [3.63, 3.8) is 0 Å². The molecule has 2 aromatic carbocycles. The van der Waals surface area contributed by atoms with E-state index in [4.69, 9.17) is 9.15 Å². The number of morpholine rings is 1. The van der Waals surface area contributed by atoms with Crippen molar-refractivity contribution in [2.75, 3.05) is 36.5 Å². The van der Waals surface area contributed by atoms with Gasteiger partial charge in [0.2, 0.25) is 0 Å². The van der Waals surface area contributed by atoms with Crippen molar-refractivity contribution in [2.45, 2.75) is 6.92 Å². The van der Waals surface area contributed by atoms with Crippen LogP contribution in [-0.4, -0.2) is 37.1 Å². The summed E-state index contributed by atoms with van der Waals surface area (Å²) in [6.45, 7) is 4.77. The highest BCUT2D eigenvalue weighted by Crippen LogP contribution is 2.33. The SMILES string of the molecule is Cc1ccc(-c2ccc(C(=O)Nc3ccc(N4CCOCC4)c(Br)c3)o2)c([N+](=O)[O-])c1. The molecule has 31 heavy (non-hydrogen) atoms. The third-order valence-corrected chi connectivity index (χ3v) is 5.64. The zero-order valence-corrected chi connectivity index (χ0v) is 18.3. The molecule has 8 nitrogen and oxygen atoms in total. The van der Waals surface area contributed by atoms with Gasteiger partial charge in [0.25, 0.3) is 11.6 Å². The fourth-order valence-corrected chi connectivity index (χ4v) is 4.07. The Morgan fingerprint density at radius 3 is 2.61 bits per heavy atom. The molecule has 1 amide bonds. The molecule has 1 aliphatic heterocycles. The number of benzene rings is 2. The Balaban J connectivity index is 1.51. The van der Waals surface area contributed by atoms with Crippen LogP contribution >= 0.6 is 15.9 Å². The maximum absolute atomic E-state index is 12.6. The normalized spacial score (nSPS) is 13.8. The predicted molar refractivity (Wildman–Crippen MR) is 121 cm³/mol. The second kappa shape index (κ2) is 8.91. The Bertz CT molecular complexity index is 1140. The topological polar surface area (TPSA) is 97.9 Å². The summed E-state index contributed by atoms with van der Waals surface area (Å²) < 4.78 is 11.9. The highest BCUT2D eigenvalue weighted by molar-refractivity contribution is 9.10. The first-order valence-corrected chi connectivity index (χ1v) is 10.5. The van der Waals surface area contributed by atoms with E-state index in [0.717, 1.165) is 28.8 Å². The van der Waals surface area contributed by atoms with Crippen LogP contribution in [0.4, 0.5) is 17.1 Å². The van der Waals surface area contributed by atoms with Gasteiger partial charge in [-0.3, -0.25) is 14.9 Å². The van der Waals surface area contributed by atoms with Gasteiger partial charge in [-0.25, -0.2) is 0 Å². The molecule has 0 aliphatic carbocycles. The Morgan fingerprint density at radius 2 is 1.90 bits per heavy atom. The van der Waals surface area contributed by atoms with Crippen molar-refractivity contribution >= 4 is 38.9 Å². The minimum Gasteiger partial charge on any atom is -0.451 e. The number of amides is 1. The molecular weight excluding hydrogens is 466 g/mol. The number of hydrogen-bond acceptors (Lipinski definition) is 6. The molecule has 0 atom stereocenters. The lowest BCUT2D eigenvalue weighted by Crippen LogP contribution is -2.36. The van der Waals surface area contributed by atoms with E-state index >= 15 is 0 Å². The van der Waals surface area contributed by atoms with Gasteiger partial charge in [-0.2, -0.15) is 0 Å². The van der Waals surface area contributed by atoms with Gasteiger partial charge in [0, 0.05) is 29.3 Å². The van der Waals surface area contributed by atoms with E-state index in [1.54, 1.807) is 25.1 Å². The highest BCUT2D eigenvalue weighted by atomic mass is 79.9. The average molecular weight is 486 g/mol. The van der Waals surface area contributed by atoms with E-state index < -0.39 is 10.8 Å². The lowest BCUT2D eigenvalue weighted by atomic mass is 10.1. The Kier molecular flexibility index (Phi) is 6.06. The summed E-state index contributed by atoms with van der Waals surface area (Å²) in [4.78, 5) is 25.8. The molecule has 1 fully saturated rings. The summed E-state index contributed by atoms with van der Waals surface area (Å²) in [5.41, 5.74) is 2.67. The van der Waals surface area contributed by atoms with E-state index in [1.165, 1.54) is 12.1 Å². The molecule has 0 spiro atoms. The summed E-state index contributed by atoms with van der Waals surface area (Å²) >= 11 is 3.57. The zero-order valence-electron chi connectivity index (χ0n) is 16.8. The number of aryl methyl sites for hydroxylation is 1. The summed E-state index contributed by atoms with van der Waals surface area (Å²) in [5.74, 6) is -0.106. The van der Waals surface area contributed by atoms with Gasteiger partial charge < -0.3 is 19.4 Å². The second-order valence-corrected chi connectivity index (χ2v) is 8.02. The Morgan fingerprint density at radius 1 is 1.13 bits per heavy atom. The molecule has 160 valence electrons. The molecule has 3 aromatic rings. The predicted octanol–water partition coefficient (Wildman–Crippen LogP) is 5.01. The number of nitro groups is 1. The molecule has 0 radical (unpaired) electrons. The summed E-state index contributed by atoms with van der Waals surface area (Å²) in [6, 6.07) is 13.5. The maximum Gasteiger partial charge on any atom is 0.291 e. The van der Waals surface area contributed by atoms with Crippen LogP contribution in [0.5, 0.6) is 0 Å². The van der Waals surface area contributed by atoms with Crippen molar-refractivity contribution in [3.8, 4) is 11.3 Å². The number of nitrogens with one attached hydrogen (secondary N) is 1. The van der Waals surface area contributed by atoms with E-state index in [-0.39, 0.29) is 17.2 Å². The largest absolute Gasteiger partial charge is 0.451 e. The molecule has 2 heterocycles. The van der Waals surface area contributed by atoms with E-state index in [2.05, 4.69) is 26.1 Å². The zero-order chi connectivity index (χ0) is 22.0. The number of furan rings is 1. The lowest BCUT2D eigenvalue weighted by molar-refractivity contribution is -0.384. The van der Waals surface area contributed by atoms with E-state index in [9.17, 15) is 14.9 Å². The number of anilines is 2. The van der Waals surface area contributed by atoms with Gasteiger partial charge in [0.05, 0.1) is 29.4 Å². The minimum absolute atomic E-state index is 0.0658. The van der Waals surface area contributed by atoms with Crippen LogP contribution in [0, 0.1) is 17.0 Å². The molecule has 1 aromatic heterocycles. The van der Waals surface area contributed by atoms with Crippen LogP contribution in [0.15, 0.2) is 57.4 Å². The Labute approximate surface area is 187 Å². The highest BCUT2D eigenvalue weighted by Gasteiger charge is 2.21. The van der Waals surface area contributed by atoms with Crippen LogP contribution in [0.3, 0.4) is 0 Å². The standard InChI is InChI=1S/C22H20BrN3O5/c1-14-2-4-16(19(12-14)26(28)29)20-6-7-21(31-20)22(27)24-15-3-5-18(17(23)13-15)25-8-10-30-11-9-25/h2-7,12-13H,8-11H2,1H3,(H,24,27). The number of carbonyl (C=O) groups is 1. The monoisotopic (exact) mass is 485 g/mol. The number of carbonyl (C=O) groups excluding carboxylic acids is 1. The number of ether oxygens (including phenoxy) is 1. The molecular formula is C22H20BrN3O5. The molecule has 0 bridgehead atoms. The second-order valence-electron chi connectivity index (χ2n) is 7.16. The summed E-state index contributed by atoms with van der Waals surface area (Å²) in [5, 5.41) is 14.2. The van der Waals surface area contributed by atoms with Crippen molar-refractivity contribution in [1.82, 2.24) is 0 Å². The van der Waals surface area contributed by atoms with Crippen LogP contribution in [0.1, 0.15) is 16.1 Å². The van der Waals surface area contributed by atoms with Gasteiger partial charge in [-0.15, -0.1) is 0 Å². The van der Waals surface area contributed by atoms with Gasteiger partial charge in [-0.1, -0.05) is 6.07 Å².